The smallest absolute Gasteiger partial charge is 0.277 e. The molecule has 0 aliphatic heterocycles. The summed E-state index contributed by atoms with van der Waals surface area (Å²) >= 11 is 0. The molecule has 2 N–H and O–H groups in total. The van der Waals surface area contributed by atoms with Crippen LogP contribution in [-0.2, 0) is 4.79 Å². The van der Waals surface area contributed by atoms with Crippen molar-refractivity contribution >= 4 is 11.6 Å². The number of hydrogen-bond donors (Lipinski definition) is 2. The van der Waals surface area contributed by atoms with E-state index in [-0.39, 0.29) is 12.5 Å². The average molecular weight is 285 g/mol. The van der Waals surface area contributed by atoms with E-state index in [4.69, 9.17) is 4.74 Å². The number of hydrazone groups is 1. The van der Waals surface area contributed by atoms with Gasteiger partial charge in [-0.15, -0.1) is 0 Å². The van der Waals surface area contributed by atoms with E-state index < -0.39 is 0 Å². The number of benzene rings is 1. The molecule has 5 nitrogen and oxygen atoms in total. The lowest BCUT2D eigenvalue weighted by Gasteiger charge is -2.09. The summed E-state index contributed by atoms with van der Waals surface area (Å²) < 4.78 is 5.51. The first-order valence-electron chi connectivity index (χ1n) is 6.73. The lowest BCUT2D eigenvalue weighted by molar-refractivity contribution is -0.123. The maximum Gasteiger partial charge on any atom is 0.277 e. The molecule has 2 aromatic rings. The van der Waals surface area contributed by atoms with E-state index in [1.807, 2.05) is 51.1 Å². The van der Waals surface area contributed by atoms with Crippen LogP contribution in [0.4, 0.5) is 0 Å². The van der Waals surface area contributed by atoms with Crippen LogP contribution in [0.15, 0.2) is 41.6 Å². The highest BCUT2D eigenvalue weighted by Gasteiger charge is 2.05. The highest BCUT2D eigenvalue weighted by Crippen LogP contribution is 2.18. The van der Waals surface area contributed by atoms with Crippen LogP contribution < -0.4 is 10.2 Å². The number of aromatic amines is 1. The Morgan fingerprint density at radius 3 is 2.86 bits per heavy atom. The molecule has 1 heterocycles. The van der Waals surface area contributed by atoms with Gasteiger partial charge < -0.3 is 9.72 Å². The number of rotatable bonds is 5. The fraction of sp³-hybridized carbons (Fsp3) is 0.250. The standard InChI is InChI=1S/C16H19N3O2/c1-11-6-7-12(2)15(9-11)21-10-16(20)19-18-13(3)14-5-4-8-17-14/h4-9,17H,10H2,1-3H3,(H,19,20)/b18-13+. The maximum atomic E-state index is 11.7. The van der Waals surface area contributed by atoms with Crippen LogP contribution in [0.5, 0.6) is 5.75 Å². The molecule has 110 valence electrons. The van der Waals surface area contributed by atoms with Crippen LogP contribution in [0.3, 0.4) is 0 Å². The summed E-state index contributed by atoms with van der Waals surface area (Å²) in [6.07, 6.45) is 1.81. The van der Waals surface area contributed by atoms with Gasteiger partial charge in [0.05, 0.1) is 11.4 Å². The SMILES string of the molecule is C/C(=N\NC(=O)COc1cc(C)ccc1C)c1ccc[nH]1. The number of nitrogens with one attached hydrogen (secondary N) is 2. The van der Waals surface area contributed by atoms with Crippen molar-refractivity contribution in [3.8, 4) is 5.75 Å². The Morgan fingerprint density at radius 2 is 2.14 bits per heavy atom. The summed E-state index contributed by atoms with van der Waals surface area (Å²) in [5.74, 6) is 0.428. The van der Waals surface area contributed by atoms with Gasteiger partial charge >= 0.3 is 0 Å². The first-order chi connectivity index (χ1) is 10.1. The lowest BCUT2D eigenvalue weighted by atomic mass is 10.1. The Bertz CT molecular complexity index is 646. The quantitative estimate of drug-likeness (QED) is 0.655. The van der Waals surface area contributed by atoms with Crippen LogP contribution >= 0.6 is 0 Å². The van der Waals surface area contributed by atoms with Crippen molar-refractivity contribution < 1.29 is 9.53 Å². The highest BCUT2D eigenvalue weighted by molar-refractivity contribution is 5.97. The molecule has 2 rings (SSSR count). The van der Waals surface area contributed by atoms with E-state index in [2.05, 4.69) is 15.5 Å². The van der Waals surface area contributed by atoms with Crippen molar-refractivity contribution in [3.63, 3.8) is 0 Å². The zero-order valence-electron chi connectivity index (χ0n) is 12.4. The van der Waals surface area contributed by atoms with Gasteiger partial charge in [-0.1, -0.05) is 12.1 Å². The van der Waals surface area contributed by atoms with Crippen LogP contribution in [0.2, 0.25) is 0 Å². The molecular weight excluding hydrogens is 266 g/mol. The Morgan fingerprint density at radius 1 is 1.33 bits per heavy atom. The van der Waals surface area contributed by atoms with E-state index in [1.165, 1.54) is 0 Å². The van der Waals surface area contributed by atoms with Crippen molar-refractivity contribution in [1.82, 2.24) is 10.4 Å². The number of ether oxygens (including phenoxy) is 1. The van der Waals surface area contributed by atoms with Gasteiger partial charge in [0.15, 0.2) is 6.61 Å². The normalized spacial score (nSPS) is 11.3. The second-order valence-corrected chi connectivity index (χ2v) is 4.87. The highest BCUT2D eigenvalue weighted by atomic mass is 16.5. The van der Waals surface area contributed by atoms with Gasteiger partial charge in [0.25, 0.3) is 5.91 Å². The van der Waals surface area contributed by atoms with E-state index in [0.29, 0.717) is 5.71 Å². The largest absolute Gasteiger partial charge is 0.483 e. The number of hydrogen-bond acceptors (Lipinski definition) is 3. The fourth-order valence-corrected chi connectivity index (χ4v) is 1.80. The number of H-pyrrole nitrogens is 1. The van der Waals surface area contributed by atoms with Crippen molar-refractivity contribution in [2.45, 2.75) is 20.8 Å². The molecule has 0 saturated heterocycles. The molecule has 0 atom stereocenters. The van der Waals surface area contributed by atoms with Gasteiger partial charge in [-0.2, -0.15) is 5.10 Å². The van der Waals surface area contributed by atoms with E-state index in [1.54, 1.807) is 6.20 Å². The van der Waals surface area contributed by atoms with Gasteiger partial charge in [0.1, 0.15) is 5.75 Å². The van der Waals surface area contributed by atoms with Gasteiger partial charge in [0.2, 0.25) is 0 Å². The minimum Gasteiger partial charge on any atom is -0.483 e. The van der Waals surface area contributed by atoms with Crippen LogP contribution in [0, 0.1) is 13.8 Å². The van der Waals surface area contributed by atoms with Crippen molar-refractivity contribution in [1.29, 1.82) is 0 Å². The topological polar surface area (TPSA) is 66.5 Å². The molecule has 21 heavy (non-hydrogen) atoms. The molecule has 0 aliphatic carbocycles. The summed E-state index contributed by atoms with van der Waals surface area (Å²) in [5.41, 5.74) is 6.15. The summed E-state index contributed by atoms with van der Waals surface area (Å²) in [6.45, 7) is 5.68. The second-order valence-electron chi connectivity index (χ2n) is 4.87. The molecule has 1 amide bonds. The third kappa shape index (κ3) is 4.21. The average Bonchev–Trinajstić information content (AvgIpc) is 3.00. The van der Waals surface area contributed by atoms with Crippen LogP contribution in [0.25, 0.3) is 0 Å². The number of aromatic nitrogens is 1. The van der Waals surface area contributed by atoms with Crippen molar-refractivity contribution in [2.24, 2.45) is 5.10 Å². The molecule has 1 aromatic heterocycles. The Kier molecular flexibility index (Phi) is 4.77. The van der Waals surface area contributed by atoms with E-state index in [0.717, 1.165) is 22.6 Å². The molecule has 0 unspecified atom stereocenters. The number of carbonyl (C=O) groups excluding carboxylic acids is 1. The molecule has 0 aliphatic rings. The molecular formula is C16H19N3O2. The minimum atomic E-state index is -0.290. The number of aryl methyl sites for hydroxylation is 2. The van der Waals surface area contributed by atoms with Crippen LogP contribution in [0.1, 0.15) is 23.7 Å². The van der Waals surface area contributed by atoms with Gasteiger partial charge in [-0.25, -0.2) is 5.43 Å². The molecule has 0 spiro atoms. The zero-order chi connectivity index (χ0) is 15.2. The second kappa shape index (κ2) is 6.74. The van der Waals surface area contributed by atoms with Crippen molar-refractivity contribution in [2.75, 3.05) is 6.61 Å². The zero-order valence-corrected chi connectivity index (χ0v) is 12.4. The summed E-state index contributed by atoms with van der Waals surface area (Å²) in [4.78, 5) is 14.8. The summed E-state index contributed by atoms with van der Waals surface area (Å²) in [7, 11) is 0. The number of amides is 1. The van der Waals surface area contributed by atoms with Gasteiger partial charge in [-0.05, 0) is 50.1 Å². The molecule has 0 fully saturated rings. The minimum absolute atomic E-state index is 0.0637. The lowest BCUT2D eigenvalue weighted by Crippen LogP contribution is -2.25. The third-order valence-electron chi connectivity index (χ3n) is 3.04. The number of nitrogens with zero attached hydrogens (tertiary/aromatic N) is 1. The first kappa shape index (κ1) is 14.8. The Labute approximate surface area is 124 Å². The predicted octanol–water partition coefficient (Wildman–Crippen LogP) is 2.55. The van der Waals surface area contributed by atoms with E-state index >= 15 is 0 Å². The third-order valence-corrected chi connectivity index (χ3v) is 3.04. The number of carbonyl (C=O) groups is 1. The molecule has 0 saturated carbocycles. The summed E-state index contributed by atoms with van der Waals surface area (Å²) in [6, 6.07) is 9.65. The predicted molar refractivity (Wildman–Crippen MR) is 82.6 cm³/mol. The summed E-state index contributed by atoms with van der Waals surface area (Å²) in [5, 5.41) is 4.02. The van der Waals surface area contributed by atoms with Gasteiger partial charge in [0, 0.05) is 6.20 Å². The van der Waals surface area contributed by atoms with E-state index in [9.17, 15) is 4.79 Å². The fourth-order valence-electron chi connectivity index (χ4n) is 1.80. The molecule has 0 radical (unpaired) electrons. The monoisotopic (exact) mass is 285 g/mol. The Hall–Kier alpha value is -2.56. The Balaban J connectivity index is 1.88. The molecule has 5 heteroatoms. The first-order valence-corrected chi connectivity index (χ1v) is 6.73. The van der Waals surface area contributed by atoms with Crippen LogP contribution in [-0.4, -0.2) is 23.2 Å². The molecule has 0 bridgehead atoms. The van der Waals surface area contributed by atoms with Gasteiger partial charge in [-0.3, -0.25) is 4.79 Å². The van der Waals surface area contributed by atoms with Crippen molar-refractivity contribution in [3.05, 3.63) is 53.3 Å². The maximum absolute atomic E-state index is 11.7. The molecule has 1 aromatic carbocycles.